The Morgan fingerprint density at radius 1 is 1.47 bits per heavy atom. The molecule has 1 aromatic carbocycles. The van der Waals surface area contributed by atoms with Gasteiger partial charge >= 0.3 is 0 Å². The lowest BCUT2D eigenvalue weighted by Crippen LogP contribution is -2.32. The first-order valence-electron chi connectivity index (χ1n) is 6.93. The van der Waals surface area contributed by atoms with Crippen LogP contribution in [-0.2, 0) is 16.1 Å². The van der Waals surface area contributed by atoms with E-state index in [2.05, 4.69) is 34.2 Å². The van der Waals surface area contributed by atoms with E-state index in [0.717, 1.165) is 24.2 Å². The molecule has 0 saturated carbocycles. The third-order valence-electron chi connectivity index (χ3n) is 3.31. The van der Waals surface area contributed by atoms with Crippen LogP contribution in [0.5, 0.6) is 0 Å². The molecule has 0 amide bonds. The quantitative estimate of drug-likeness (QED) is 0.834. The van der Waals surface area contributed by atoms with Crippen LogP contribution in [-0.4, -0.2) is 31.9 Å². The second-order valence-electron chi connectivity index (χ2n) is 5.01. The van der Waals surface area contributed by atoms with E-state index >= 15 is 0 Å². The summed E-state index contributed by atoms with van der Waals surface area (Å²) in [6.45, 7) is 5.46. The molecule has 2 unspecified atom stereocenters. The second-order valence-corrected chi connectivity index (χ2v) is 5.86. The summed E-state index contributed by atoms with van der Waals surface area (Å²) in [6, 6.07) is 8.17. The fourth-order valence-corrected chi connectivity index (χ4v) is 2.56. The van der Waals surface area contributed by atoms with Crippen LogP contribution < -0.4 is 5.32 Å². The van der Waals surface area contributed by atoms with Gasteiger partial charge in [0.2, 0.25) is 0 Å². The van der Waals surface area contributed by atoms with Crippen LogP contribution in [0, 0.1) is 0 Å². The minimum atomic E-state index is 0.202. The van der Waals surface area contributed by atoms with Gasteiger partial charge in [-0.05, 0) is 31.4 Å². The summed E-state index contributed by atoms with van der Waals surface area (Å²) in [5.74, 6) is 0. The van der Waals surface area contributed by atoms with Crippen molar-refractivity contribution in [1.29, 1.82) is 0 Å². The van der Waals surface area contributed by atoms with E-state index in [9.17, 15) is 0 Å². The molecular formula is C15H22BrNO2. The smallest absolute Gasteiger partial charge is 0.0732 e. The number of halogens is 1. The standard InChI is InChI=1S/C15H22BrNO2/c1-12(9-17-10-14-6-4-8-18-14)19-11-13-5-2-3-7-15(13)16/h2-3,5,7,12,14,17H,4,6,8-11H2,1H3. The van der Waals surface area contributed by atoms with Gasteiger partial charge in [-0.25, -0.2) is 0 Å². The van der Waals surface area contributed by atoms with Crippen LogP contribution in [0.25, 0.3) is 0 Å². The number of hydrogen-bond donors (Lipinski definition) is 1. The summed E-state index contributed by atoms with van der Waals surface area (Å²) in [6.07, 6.45) is 2.98. The zero-order valence-electron chi connectivity index (χ0n) is 11.4. The molecule has 2 atom stereocenters. The van der Waals surface area contributed by atoms with Crippen molar-refractivity contribution in [2.45, 2.75) is 38.6 Å². The van der Waals surface area contributed by atoms with Gasteiger partial charge in [0.1, 0.15) is 0 Å². The average Bonchev–Trinajstić information content (AvgIpc) is 2.91. The van der Waals surface area contributed by atoms with Crippen molar-refractivity contribution < 1.29 is 9.47 Å². The van der Waals surface area contributed by atoms with E-state index in [1.54, 1.807) is 0 Å². The third kappa shape index (κ3) is 5.22. The van der Waals surface area contributed by atoms with Crippen molar-refractivity contribution in [1.82, 2.24) is 5.32 Å². The molecule has 3 nitrogen and oxygen atoms in total. The number of benzene rings is 1. The molecule has 1 aromatic rings. The van der Waals surface area contributed by atoms with E-state index in [1.165, 1.54) is 18.4 Å². The van der Waals surface area contributed by atoms with Crippen LogP contribution in [0.4, 0.5) is 0 Å². The van der Waals surface area contributed by atoms with Crippen LogP contribution in [0.2, 0.25) is 0 Å². The molecule has 1 saturated heterocycles. The average molecular weight is 328 g/mol. The Labute approximate surface area is 123 Å². The molecular weight excluding hydrogens is 306 g/mol. The highest BCUT2D eigenvalue weighted by Gasteiger charge is 2.15. The van der Waals surface area contributed by atoms with Crippen molar-refractivity contribution in [2.75, 3.05) is 19.7 Å². The van der Waals surface area contributed by atoms with Gasteiger partial charge < -0.3 is 14.8 Å². The zero-order chi connectivity index (χ0) is 13.5. The number of nitrogens with one attached hydrogen (secondary N) is 1. The molecule has 4 heteroatoms. The predicted molar refractivity (Wildman–Crippen MR) is 80.2 cm³/mol. The van der Waals surface area contributed by atoms with Crippen molar-refractivity contribution in [3.63, 3.8) is 0 Å². The molecule has 1 aliphatic rings. The molecule has 1 fully saturated rings. The Hall–Kier alpha value is -0.420. The first-order valence-corrected chi connectivity index (χ1v) is 7.72. The van der Waals surface area contributed by atoms with Crippen LogP contribution in [0.1, 0.15) is 25.3 Å². The van der Waals surface area contributed by atoms with Gasteiger partial charge in [0.25, 0.3) is 0 Å². The number of ether oxygens (including phenoxy) is 2. The van der Waals surface area contributed by atoms with Crippen molar-refractivity contribution in [3.05, 3.63) is 34.3 Å². The Balaban J connectivity index is 1.61. The first kappa shape index (κ1) is 15.0. The molecule has 0 aromatic heterocycles. The molecule has 0 aliphatic carbocycles. The van der Waals surface area contributed by atoms with Gasteiger partial charge in [0.15, 0.2) is 0 Å². The van der Waals surface area contributed by atoms with Crippen LogP contribution >= 0.6 is 15.9 Å². The maximum Gasteiger partial charge on any atom is 0.0732 e. The molecule has 1 aliphatic heterocycles. The lowest BCUT2D eigenvalue weighted by Gasteiger charge is -2.16. The summed E-state index contributed by atoms with van der Waals surface area (Å²) in [7, 11) is 0. The van der Waals surface area contributed by atoms with Crippen LogP contribution in [0.15, 0.2) is 28.7 Å². The SMILES string of the molecule is CC(CNCC1CCCO1)OCc1ccccc1Br. The molecule has 1 heterocycles. The third-order valence-corrected chi connectivity index (χ3v) is 4.08. The predicted octanol–water partition coefficient (Wildman–Crippen LogP) is 3.12. The molecule has 1 N–H and O–H groups in total. The zero-order valence-corrected chi connectivity index (χ0v) is 13.0. The van der Waals surface area contributed by atoms with Gasteiger partial charge in [-0.3, -0.25) is 0 Å². The van der Waals surface area contributed by atoms with Gasteiger partial charge in [-0.1, -0.05) is 34.1 Å². The van der Waals surface area contributed by atoms with Gasteiger partial charge in [0.05, 0.1) is 18.8 Å². The van der Waals surface area contributed by atoms with Gasteiger partial charge in [-0.2, -0.15) is 0 Å². The molecule has 0 radical (unpaired) electrons. The molecule has 106 valence electrons. The Morgan fingerprint density at radius 2 is 2.32 bits per heavy atom. The lowest BCUT2D eigenvalue weighted by molar-refractivity contribution is 0.0483. The number of hydrogen-bond acceptors (Lipinski definition) is 3. The fraction of sp³-hybridized carbons (Fsp3) is 0.600. The Morgan fingerprint density at radius 3 is 3.05 bits per heavy atom. The summed E-state index contributed by atoms with van der Waals surface area (Å²) in [4.78, 5) is 0. The maximum atomic E-state index is 5.84. The molecule has 0 spiro atoms. The fourth-order valence-electron chi connectivity index (χ4n) is 2.16. The monoisotopic (exact) mass is 327 g/mol. The molecule has 19 heavy (non-hydrogen) atoms. The highest BCUT2D eigenvalue weighted by atomic mass is 79.9. The van der Waals surface area contributed by atoms with Crippen molar-refractivity contribution in [3.8, 4) is 0 Å². The highest BCUT2D eigenvalue weighted by Crippen LogP contribution is 2.17. The number of rotatable bonds is 7. The first-order chi connectivity index (χ1) is 9.25. The lowest BCUT2D eigenvalue weighted by atomic mass is 10.2. The molecule has 0 bridgehead atoms. The Kier molecular flexibility index (Phi) is 6.31. The van der Waals surface area contributed by atoms with E-state index < -0.39 is 0 Å². The second kappa shape index (κ2) is 8.00. The van der Waals surface area contributed by atoms with E-state index in [-0.39, 0.29) is 6.10 Å². The van der Waals surface area contributed by atoms with Crippen LogP contribution in [0.3, 0.4) is 0 Å². The largest absolute Gasteiger partial charge is 0.377 e. The topological polar surface area (TPSA) is 30.5 Å². The normalized spacial score (nSPS) is 20.6. The maximum absolute atomic E-state index is 5.84. The van der Waals surface area contributed by atoms with Crippen molar-refractivity contribution in [2.24, 2.45) is 0 Å². The van der Waals surface area contributed by atoms with E-state index in [0.29, 0.717) is 12.7 Å². The molecule has 2 rings (SSSR count). The van der Waals surface area contributed by atoms with E-state index in [4.69, 9.17) is 9.47 Å². The summed E-state index contributed by atoms with van der Waals surface area (Å²) >= 11 is 3.53. The van der Waals surface area contributed by atoms with E-state index in [1.807, 2.05) is 18.2 Å². The summed E-state index contributed by atoms with van der Waals surface area (Å²) < 4.78 is 12.5. The highest BCUT2D eigenvalue weighted by molar-refractivity contribution is 9.10. The van der Waals surface area contributed by atoms with Gasteiger partial charge in [-0.15, -0.1) is 0 Å². The minimum Gasteiger partial charge on any atom is -0.377 e. The summed E-state index contributed by atoms with van der Waals surface area (Å²) in [5.41, 5.74) is 1.19. The Bertz CT molecular complexity index is 380. The summed E-state index contributed by atoms with van der Waals surface area (Å²) in [5, 5.41) is 3.42. The van der Waals surface area contributed by atoms with Crippen molar-refractivity contribution >= 4 is 15.9 Å². The van der Waals surface area contributed by atoms with Gasteiger partial charge in [0, 0.05) is 24.2 Å². The minimum absolute atomic E-state index is 0.202.